The molecule has 2 aromatic rings. The molecule has 5 rings (SSSR count). The molecule has 3 aliphatic rings. The Bertz CT molecular complexity index is 1290. The number of piperidine rings is 1. The first-order valence-electron chi connectivity index (χ1n) is 14.2. The zero-order valence-electron chi connectivity index (χ0n) is 23.6. The van der Waals surface area contributed by atoms with E-state index in [0.717, 1.165) is 37.9 Å². The van der Waals surface area contributed by atoms with E-state index in [2.05, 4.69) is 48.7 Å². The third-order valence-electron chi connectivity index (χ3n) is 8.91. The fourth-order valence-electron chi connectivity index (χ4n) is 7.01. The number of nitrogens with one attached hydrogen (secondary N) is 3. The summed E-state index contributed by atoms with van der Waals surface area (Å²) in [5.74, 6) is -1.37. The minimum Gasteiger partial charge on any atom is -0.355 e. The Morgan fingerprint density at radius 3 is 2.60 bits per heavy atom. The highest BCUT2D eigenvalue weighted by Crippen LogP contribution is 2.57. The number of hydrogen-bond donors (Lipinski definition) is 3. The predicted octanol–water partition coefficient (Wildman–Crippen LogP) is 5.73. The first kappa shape index (κ1) is 29.3. The summed E-state index contributed by atoms with van der Waals surface area (Å²) in [7, 11) is 2.13. The lowest BCUT2D eigenvalue weighted by Gasteiger charge is -2.37. The van der Waals surface area contributed by atoms with Gasteiger partial charge in [-0.3, -0.25) is 9.59 Å². The summed E-state index contributed by atoms with van der Waals surface area (Å²) in [6.45, 7) is 8.96. The number of carbonyl (C=O) groups is 2. The van der Waals surface area contributed by atoms with Crippen molar-refractivity contribution in [3.05, 3.63) is 63.4 Å². The number of nitrogens with zero attached hydrogens (tertiary/aromatic N) is 1. The maximum absolute atomic E-state index is 15.8. The molecule has 2 aromatic carbocycles. The highest BCUT2D eigenvalue weighted by molar-refractivity contribution is 6.31. The normalized spacial score (nSPS) is 27.2. The molecule has 3 aliphatic heterocycles. The Labute approximate surface area is 246 Å². The Kier molecular flexibility index (Phi) is 8.23. The average Bonchev–Trinajstić information content (AvgIpc) is 3.35. The van der Waals surface area contributed by atoms with Crippen LogP contribution in [0.1, 0.15) is 63.5 Å². The second-order valence-corrected chi connectivity index (χ2v) is 13.8. The molecule has 4 unspecified atom stereocenters. The standard InChI is InChI=1S/C31H39Cl2FN4O2/c1-30(2,3)17-24-31(21-9-8-19(32)16-23(21)36-29(31)40)25(20-6-5-7-22(33)26(20)34)27(37-24)28(39)35-13-10-18-11-14-38(4)15-12-18/h5-9,16,18,24-25,27,37H,10-15,17H2,1-4H3,(H,35,39)(H,36,40). The molecule has 2 amide bonds. The van der Waals surface area contributed by atoms with Crippen molar-refractivity contribution in [1.29, 1.82) is 0 Å². The Balaban J connectivity index is 1.56. The molecular formula is C31H39Cl2FN4O2. The van der Waals surface area contributed by atoms with Gasteiger partial charge in [0, 0.05) is 29.2 Å². The molecule has 4 atom stereocenters. The topological polar surface area (TPSA) is 73.5 Å². The first-order valence-corrected chi connectivity index (χ1v) is 14.9. The van der Waals surface area contributed by atoms with E-state index in [9.17, 15) is 9.59 Å². The van der Waals surface area contributed by atoms with Crippen molar-refractivity contribution in [3.63, 3.8) is 0 Å². The molecule has 6 nitrogen and oxygen atoms in total. The van der Waals surface area contributed by atoms with Crippen molar-refractivity contribution in [2.24, 2.45) is 11.3 Å². The molecule has 0 radical (unpaired) electrons. The summed E-state index contributed by atoms with van der Waals surface area (Å²) < 4.78 is 15.8. The van der Waals surface area contributed by atoms with Crippen LogP contribution in [0.2, 0.25) is 10.0 Å². The first-order chi connectivity index (χ1) is 18.9. The lowest BCUT2D eigenvalue weighted by molar-refractivity contribution is -0.123. The zero-order chi connectivity index (χ0) is 28.8. The smallest absolute Gasteiger partial charge is 0.237 e. The van der Waals surface area contributed by atoms with Crippen molar-refractivity contribution in [2.75, 3.05) is 32.0 Å². The van der Waals surface area contributed by atoms with Gasteiger partial charge in [0.15, 0.2) is 0 Å². The number of benzene rings is 2. The summed E-state index contributed by atoms with van der Waals surface area (Å²) in [6.07, 6.45) is 3.70. The van der Waals surface area contributed by atoms with E-state index in [1.54, 1.807) is 24.3 Å². The van der Waals surface area contributed by atoms with Gasteiger partial charge in [-0.25, -0.2) is 4.39 Å². The number of rotatable bonds is 6. The zero-order valence-corrected chi connectivity index (χ0v) is 25.1. The van der Waals surface area contributed by atoms with E-state index < -0.39 is 29.2 Å². The number of hydrogen-bond acceptors (Lipinski definition) is 4. The SMILES string of the molecule is CN1CCC(CCNC(=O)C2NC(CC(C)(C)C)C3(C(=O)Nc4cc(Cl)ccc43)C2c2cccc(Cl)c2F)CC1. The summed E-state index contributed by atoms with van der Waals surface area (Å²) in [5, 5.41) is 10.1. The van der Waals surface area contributed by atoms with Crippen molar-refractivity contribution >= 4 is 40.7 Å². The lowest BCUT2D eigenvalue weighted by Crippen LogP contribution is -2.49. The largest absolute Gasteiger partial charge is 0.355 e. The lowest BCUT2D eigenvalue weighted by atomic mass is 9.62. The third kappa shape index (κ3) is 5.38. The van der Waals surface area contributed by atoms with Gasteiger partial charge in [-0.2, -0.15) is 0 Å². The molecule has 0 saturated carbocycles. The van der Waals surface area contributed by atoms with Gasteiger partial charge in [0.05, 0.1) is 11.1 Å². The Hall–Kier alpha value is -2.19. The maximum atomic E-state index is 15.8. The number of carbonyl (C=O) groups excluding carboxylic acids is 2. The van der Waals surface area contributed by atoms with Gasteiger partial charge in [0.1, 0.15) is 11.2 Å². The molecule has 216 valence electrons. The number of halogens is 3. The molecule has 0 bridgehead atoms. The Morgan fingerprint density at radius 2 is 1.90 bits per heavy atom. The van der Waals surface area contributed by atoms with Crippen LogP contribution in [-0.4, -0.2) is 55.5 Å². The van der Waals surface area contributed by atoms with Crippen LogP contribution in [0.15, 0.2) is 36.4 Å². The van der Waals surface area contributed by atoms with Crippen molar-refractivity contribution in [3.8, 4) is 0 Å². The van der Waals surface area contributed by atoms with Gasteiger partial charge in [-0.15, -0.1) is 0 Å². The van der Waals surface area contributed by atoms with E-state index in [-0.39, 0.29) is 27.8 Å². The minimum absolute atomic E-state index is 0.0388. The molecule has 3 heterocycles. The molecule has 2 fully saturated rings. The average molecular weight is 590 g/mol. The fourth-order valence-corrected chi connectivity index (χ4v) is 7.37. The molecule has 1 spiro atoms. The predicted molar refractivity (Wildman–Crippen MR) is 159 cm³/mol. The molecular weight excluding hydrogens is 550 g/mol. The van der Waals surface area contributed by atoms with Gasteiger partial charge in [-0.1, -0.05) is 62.2 Å². The van der Waals surface area contributed by atoms with Crippen LogP contribution in [0.5, 0.6) is 0 Å². The van der Waals surface area contributed by atoms with Crippen LogP contribution < -0.4 is 16.0 Å². The highest BCUT2D eigenvalue weighted by Gasteiger charge is 2.66. The van der Waals surface area contributed by atoms with E-state index in [4.69, 9.17) is 23.2 Å². The molecule has 40 heavy (non-hydrogen) atoms. The third-order valence-corrected chi connectivity index (χ3v) is 9.44. The van der Waals surface area contributed by atoms with Crippen LogP contribution in [0.3, 0.4) is 0 Å². The van der Waals surface area contributed by atoms with E-state index in [0.29, 0.717) is 29.6 Å². The van der Waals surface area contributed by atoms with Crippen molar-refractivity contribution < 1.29 is 14.0 Å². The van der Waals surface area contributed by atoms with Crippen LogP contribution >= 0.6 is 23.2 Å². The summed E-state index contributed by atoms with van der Waals surface area (Å²) in [5.41, 5.74) is 0.139. The van der Waals surface area contributed by atoms with Gasteiger partial charge in [-0.05, 0) is 86.5 Å². The fraction of sp³-hybridized carbons (Fsp3) is 0.548. The van der Waals surface area contributed by atoms with Crippen LogP contribution in [0.25, 0.3) is 0 Å². The molecule has 0 aliphatic carbocycles. The number of fused-ring (bicyclic) bond motifs is 2. The van der Waals surface area contributed by atoms with Gasteiger partial charge in [0.2, 0.25) is 11.8 Å². The van der Waals surface area contributed by atoms with Crippen LogP contribution in [0, 0.1) is 17.2 Å². The minimum atomic E-state index is -1.24. The second-order valence-electron chi connectivity index (χ2n) is 12.9. The molecule has 3 N–H and O–H groups in total. The molecule has 0 aromatic heterocycles. The van der Waals surface area contributed by atoms with Gasteiger partial charge in [0.25, 0.3) is 0 Å². The molecule has 9 heteroatoms. The highest BCUT2D eigenvalue weighted by atomic mass is 35.5. The van der Waals surface area contributed by atoms with Crippen molar-refractivity contribution in [2.45, 2.75) is 69.9 Å². The quantitative estimate of drug-likeness (QED) is 0.403. The molecule has 2 saturated heterocycles. The van der Waals surface area contributed by atoms with Crippen LogP contribution in [-0.2, 0) is 15.0 Å². The monoisotopic (exact) mass is 588 g/mol. The van der Waals surface area contributed by atoms with Gasteiger partial charge < -0.3 is 20.9 Å². The summed E-state index contributed by atoms with van der Waals surface area (Å²) in [4.78, 5) is 30.5. The maximum Gasteiger partial charge on any atom is 0.237 e. The van der Waals surface area contributed by atoms with Crippen LogP contribution in [0.4, 0.5) is 10.1 Å². The van der Waals surface area contributed by atoms with Gasteiger partial charge >= 0.3 is 0 Å². The summed E-state index contributed by atoms with van der Waals surface area (Å²) in [6, 6.07) is 8.83. The second kappa shape index (κ2) is 11.2. The van der Waals surface area contributed by atoms with Crippen molar-refractivity contribution in [1.82, 2.24) is 15.5 Å². The van der Waals surface area contributed by atoms with E-state index in [1.807, 2.05) is 6.07 Å². The number of amides is 2. The van der Waals surface area contributed by atoms with E-state index >= 15 is 4.39 Å². The number of likely N-dealkylation sites (tertiary alicyclic amines) is 1. The van der Waals surface area contributed by atoms with E-state index in [1.165, 1.54) is 6.07 Å². The Morgan fingerprint density at radius 1 is 1.18 bits per heavy atom. The number of anilines is 1. The summed E-state index contributed by atoms with van der Waals surface area (Å²) >= 11 is 12.6.